The Balaban J connectivity index is 2.16. The van der Waals surface area contributed by atoms with Crippen molar-refractivity contribution in [1.29, 1.82) is 0 Å². The van der Waals surface area contributed by atoms with Crippen LogP contribution < -0.4 is 10.5 Å². The van der Waals surface area contributed by atoms with E-state index in [2.05, 4.69) is 0 Å². The third-order valence-electron chi connectivity index (χ3n) is 2.83. The van der Waals surface area contributed by atoms with E-state index in [1.807, 2.05) is 25.1 Å². The Labute approximate surface area is 117 Å². The molecule has 19 heavy (non-hydrogen) atoms. The largest absolute Gasteiger partial charge is 0.488 e. The van der Waals surface area contributed by atoms with E-state index in [0.717, 1.165) is 11.1 Å². The first-order valence-electron chi connectivity index (χ1n) is 5.96. The molecular formula is C15H15ClFNO. The summed E-state index contributed by atoms with van der Waals surface area (Å²) < 4.78 is 19.2. The van der Waals surface area contributed by atoms with Crippen molar-refractivity contribution in [3.8, 4) is 5.75 Å². The summed E-state index contributed by atoms with van der Waals surface area (Å²) in [5, 5.41) is 0.489. The van der Waals surface area contributed by atoms with Gasteiger partial charge in [-0.15, -0.1) is 0 Å². The molecule has 0 amide bonds. The molecule has 2 nitrogen and oxygen atoms in total. The first kappa shape index (κ1) is 13.8. The summed E-state index contributed by atoms with van der Waals surface area (Å²) in [7, 11) is 0. The van der Waals surface area contributed by atoms with Crippen molar-refractivity contribution >= 4 is 11.6 Å². The maximum absolute atomic E-state index is 13.6. The van der Waals surface area contributed by atoms with Crippen LogP contribution in [-0.2, 0) is 13.2 Å². The summed E-state index contributed by atoms with van der Waals surface area (Å²) in [5.41, 5.74) is 8.11. The number of hydrogen-bond acceptors (Lipinski definition) is 2. The van der Waals surface area contributed by atoms with Gasteiger partial charge in [-0.3, -0.25) is 0 Å². The number of hydrogen-bond donors (Lipinski definition) is 1. The number of ether oxygens (including phenoxy) is 1. The van der Waals surface area contributed by atoms with Gasteiger partial charge < -0.3 is 10.5 Å². The highest BCUT2D eigenvalue weighted by Gasteiger charge is 2.07. The minimum Gasteiger partial charge on any atom is -0.488 e. The zero-order valence-electron chi connectivity index (χ0n) is 10.6. The Bertz CT molecular complexity index is 586. The number of aryl methyl sites for hydroxylation is 1. The average Bonchev–Trinajstić information content (AvgIpc) is 2.40. The number of benzene rings is 2. The second-order valence-electron chi connectivity index (χ2n) is 4.34. The van der Waals surface area contributed by atoms with Crippen LogP contribution >= 0.6 is 11.6 Å². The van der Waals surface area contributed by atoms with Gasteiger partial charge in [-0.2, -0.15) is 0 Å². The molecule has 100 valence electrons. The van der Waals surface area contributed by atoms with E-state index in [1.54, 1.807) is 6.07 Å². The fraction of sp³-hybridized carbons (Fsp3) is 0.200. The first-order valence-corrected chi connectivity index (χ1v) is 6.34. The van der Waals surface area contributed by atoms with Gasteiger partial charge in [0, 0.05) is 22.7 Å². The van der Waals surface area contributed by atoms with Gasteiger partial charge in [-0.05, 0) is 31.2 Å². The Morgan fingerprint density at radius 1 is 1.16 bits per heavy atom. The maximum Gasteiger partial charge on any atom is 0.129 e. The second-order valence-corrected chi connectivity index (χ2v) is 4.78. The third-order valence-corrected chi connectivity index (χ3v) is 3.06. The van der Waals surface area contributed by atoms with Gasteiger partial charge in [-0.1, -0.05) is 29.3 Å². The van der Waals surface area contributed by atoms with Crippen molar-refractivity contribution in [2.24, 2.45) is 5.73 Å². The molecule has 0 fully saturated rings. The van der Waals surface area contributed by atoms with Crippen LogP contribution in [0.15, 0.2) is 36.4 Å². The molecular weight excluding hydrogens is 265 g/mol. The Kier molecular flexibility index (Phi) is 4.40. The predicted octanol–water partition coefficient (Wildman–Crippen LogP) is 3.83. The summed E-state index contributed by atoms with van der Waals surface area (Å²) in [6.45, 7) is 2.50. The average molecular weight is 280 g/mol. The summed E-state index contributed by atoms with van der Waals surface area (Å²) in [4.78, 5) is 0. The Morgan fingerprint density at radius 3 is 2.68 bits per heavy atom. The van der Waals surface area contributed by atoms with Crippen LogP contribution in [0.5, 0.6) is 5.75 Å². The number of rotatable bonds is 4. The van der Waals surface area contributed by atoms with Crippen LogP contribution in [0.1, 0.15) is 16.7 Å². The monoisotopic (exact) mass is 279 g/mol. The lowest BCUT2D eigenvalue weighted by atomic mass is 10.1. The summed E-state index contributed by atoms with van der Waals surface area (Å²) in [6.07, 6.45) is 0. The molecule has 0 unspecified atom stereocenters. The van der Waals surface area contributed by atoms with Gasteiger partial charge in [-0.25, -0.2) is 4.39 Å². The molecule has 0 aliphatic carbocycles. The highest BCUT2D eigenvalue weighted by Crippen LogP contribution is 2.22. The molecule has 0 aromatic heterocycles. The van der Waals surface area contributed by atoms with Crippen molar-refractivity contribution in [3.05, 3.63) is 63.9 Å². The van der Waals surface area contributed by atoms with E-state index in [-0.39, 0.29) is 12.4 Å². The lowest BCUT2D eigenvalue weighted by molar-refractivity contribution is 0.296. The SMILES string of the molecule is Cc1ccc(OCc2cc(Cl)ccc2F)c(CN)c1. The van der Waals surface area contributed by atoms with Crippen LogP contribution in [0.3, 0.4) is 0 Å². The lowest BCUT2D eigenvalue weighted by Gasteiger charge is -2.12. The molecule has 0 spiro atoms. The van der Waals surface area contributed by atoms with E-state index in [1.165, 1.54) is 12.1 Å². The topological polar surface area (TPSA) is 35.2 Å². The highest BCUT2D eigenvalue weighted by molar-refractivity contribution is 6.30. The van der Waals surface area contributed by atoms with E-state index in [9.17, 15) is 4.39 Å². The van der Waals surface area contributed by atoms with Gasteiger partial charge >= 0.3 is 0 Å². The molecule has 4 heteroatoms. The van der Waals surface area contributed by atoms with Crippen LogP contribution in [-0.4, -0.2) is 0 Å². The molecule has 2 aromatic carbocycles. The van der Waals surface area contributed by atoms with E-state index in [4.69, 9.17) is 22.1 Å². The van der Waals surface area contributed by atoms with Crippen molar-refractivity contribution in [2.45, 2.75) is 20.1 Å². The third kappa shape index (κ3) is 3.46. The predicted molar refractivity (Wildman–Crippen MR) is 74.8 cm³/mol. The van der Waals surface area contributed by atoms with E-state index in [0.29, 0.717) is 22.9 Å². The van der Waals surface area contributed by atoms with Crippen LogP contribution in [0.25, 0.3) is 0 Å². The molecule has 0 saturated carbocycles. The van der Waals surface area contributed by atoms with Gasteiger partial charge in [0.05, 0.1) is 0 Å². The fourth-order valence-electron chi connectivity index (χ4n) is 1.82. The minimum atomic E-state index is -0.328. The van der Waals surface area contributed by atoms with Crippen molar-refractivity contribution in [2.75, 3.05) is 0 Å². The quantitative estimate of drug-likeness (QED) is 0.923. The van der Waals surface area contributed by atoms with E-state index >= 15 is 0 Å². The van der Waals surface area contributed by atoms with Crippen molar-refractivity contribution < 1.29 is 9.13 Å². The van der Waals surface area contributed by atoms with Gasteiger partial charge in [0.2, 0.25) is 0 Å². The van der Waals surface area contributed by atoms with E-state index < -0.39 is 0 Å². The number of nitrogens with two attached hydrogens (primary N) is 1. The van der Waals surface area contributed by atoms with Crippen molar-refractivity contribution in [1.82, 2.24) is 0 Å². The second kappa shape index (κ2) is 6.04. The molecule has 0 bridgehead atoms. The van der Waals surface area contributed by atoms with Gasteiger partial charge in [0.1, 0.15) is 18.2 Å². The molecule has 0 saturated heterocycles. The molecule has 0 aliphatic heterocycles. The maximum atomic E-state index is 13.6. The molecule has 0 radical (unpaired) electrons. The van der Waals surface area contributed by atoms with Crippen LogP contribution in [0.2, 0.25) is 5.02 Å². The normalized spacial score (nSPS) is 10.5. The molecule has 2 N–H and O–H groups in total. The number of halogens is 2. The first-order chi connectivity index (χ1) is 9.10. The van der Waals surface area contributed by atoms with Crippen molar-refractivity contribution in [3.63, 3.8) is 0 Å². The zero-order chi connectivity index (χ0) is 13.8. The zero-order valence-corrected chi connectivity index (χ0v) is 11.4. The van der Waals surface area contributed by atoms with Gasteiger partial charge in [0.25, 0.3) is 0 Å². The Morgan fingerprint density at radius 2 is 1.95 bits per heavy atom. The van der Waals surface area contributed by atoms with Gasteiger partial charge in [0.15, 0.2) is 0 Å². The highest BCUT2D eigenvalue weighted by atomic mass is 35.5. The molecule has 2 aromatic rings. The molecule has 2 rings (SSSR count). The summed E-state index contributed by atoms with van der Waals surface area (Å²) >= 11 is 5.84. The summed E-state index contributed by atoms with van der Waals surface area (Å²) in [5.74, 6) is 0.346. The molecule has 0 aliphatic rings. The van der Waals surface area contributed by atoms with Crippen LogP contribution in [0.4, 0.5) is 4.39 Å². The molecule has 0 heterocycles. The standard InChI is InChI=1S/C15H15ClFNO/c1-10-2-5-15(11(6-10)8-18)19-9-12-7-13(16)3-4-14(12)17/h2-7H,8-9,18H2,1H3. The Hall–Kier alpha value is -1.58. The van der Waals surface area contributed by atoms with Crippen LogP contribution in [0, 0.1) is 12.7 Å². The molecule has 0 atom stereocenters. The lowest BCUT2D eigenvalue weighted by Crippen LogP contribution is -2.04. The fourth-order valence-corrected chi connectivity index (χ4v) is 2.01. The smallest absolute Gasteiger partial charge is 0.129 e. The minimum absolute atomic E-state index is 0.127. The summed E-state index contributed by atoms with van der Waals surface area (Å²) in [6, 6.07) is 10.2.